The molecular formula is C20H20N2O6. The van der Waals surface area contributed by atoms with Gasteiger partial charge in [-0.3, -0.25) is 4.79 Å². The van der Waals surface area contributed by atoms with Crippen molar-refractivity contribution in [3.05, 3.63) is 63.0 Å². The highest BCUT2D eigenvalue weighted by Crippen LogP contribution is 2.43. The van der Waals surface area contributed by atoms with Crippen LogP contribution in [-0.2, 0) is 6.61 Å². The number of rotatable bonds is 6. The average Bonchev–Trinajstić information content (AvgIpc) is 2.71. The lowest BCUT2D eigenvalue weighted by Gasteiger charge is -2.25. The fourth-order valence-electron chi connectivity index (χ4n) is 2.99. The van der Waals surface area contributed by atoms with Crippen molar-refractivity contribution in [3.8, 4) is 23.3 Å². The lowest BCUT2D eigenvalue weighted by molar-refractivity contribution is 0.231. The second-order valence-electron chi connectivity index (χ2n) is 6.11. The molecule has 3 rings (SSSR count). The second-order valence-corrected chi connectivity index (χ2v) is 6.11. The van der Waals surface area contributed by atoms with Crippen LogP contribution in [0.5, 0.6) is 17.2 Å². The van der Waals surface area contributed by atoms with E-state index in [-0.39, 0.29) is 28.7 Å². The maximum atomic E-state index is 12.4. The molecule has 1 aromatic carbocycles. The van der Waals surface area contributed by atoms with E-state index in [9.17, 15) is 15.2 Å². The molecule has 8 heteroatoms. The van der Waals surface area contributed by atoms with E-state index in [0.29, 0.717) is 23.7 Å². The Morgan fingerprint density at radius 2 is 2.11 bits per heavy atom. The van der Waals surface area contributed by atoms with E-state index in [1.54, 1.807) is 18.2 Å². The second kappa shape index (κ2) is 8.06. The maximum absolute atomic E-state index is 12.4. The molecule has 2 heterocycles. The number of hydrogen-bond donors (Lipinski definition) is 2. The van der Waals surface area contributed by atoms with Gasteiger partial charge in [0.05, 0.1) is 19.6 Å². The van der Waals surface area contributed by atoms with Crippen molar-refractivity contribution in [2.24, 2.45) is 5.73 Å². The van der Waals surface area contributed by atoms with Gasteiger partial charge >= 0.3 is 0 Å². The SMILES string of the molecule is CCCOc1ccc(C2C(C#N)=C(N)Oc3c2oc(CO)cc3=O)cc1OC. The Kier molecular flexibility index (Phi) is 5.57. The highest BCUT2D eigenvalue weighted by Gasteiger charge is 2.35. The lowest BCUT2D eigenvalue weighted by Crippen LogP contribution is -2.25. The van der Waals surface area contributed by atoms with Crippen molar-refractivity contribution in [3.63, 3.8) is 0 Å². The molecule has 0 bridgehead atoms. The number of nitrogens with two attached hydrogens (primary N) is 1. The van der Waals surface area contributed by atoms with Crippen LogP contribution in [0.2, 0.25) is 0 Å². The van der Waals surface area contributed by atoms with E-state index in [0.717, 1.165) is 12.5 Å². The number of aliphatic hydroxyl groups excluding tert-OH is 1. The number of nitriles is 1. The minimum Gasteiger partial charge on any atom is -0.493 e. The largest absolute Gasteiger partial charge is 0.493 e. The number of fused-ring (bicyclic) bond motifs is 1. The lowest BCUT2D eigenvalue weighted by atomic mass is 9.87. The van der Waals surface area contributed by atoms with Gasteiger partial charge < -0.3 is 29.5 Å². The third kappa shape index (κ3) is 3.40. The van der Waals surface area contributed by atoms with Crippen molar-refractivity contribution in [1.82, 2.24) is 0 Å². The molecule has 0 spiro atoms. The topological polar surface area (TPSA) is 128 Å². The molecule has 1 aliphatic rings. The molecule has 146 valence electrons. The molecule has 0 fully saturated rings. The summed E-state index contributed by atoms with van der Waals surface area (Å²) in [6.45, 7) is 2.05. The number of aliphatic hydroxyl groups is 1. The summed E-state index contributed by atoms with van der Waals surface area (Å²) in [6, 6.07) is 8.30. The molecular weight excluding hydrogens is 364 g/mol. The fourth-order valence-corrected chi connectivity index (χ4v) is 2.99. The normalized spacial score (nSPS) is 15.4. The minimum atomic E-state index is -0.790. The highest BCUT2D eigenvalue weighted by atomic mass is 16.5. The molecule has 1 aliphatic heterocycles. The number of hydrogen-bond acceptors (Lipinski definition) is 8. The Balaban J connectivity index is 2.19. The zero-order valence-electron chi connectivity index (χ0n) is 15.5. The van der Waals surface area contributed by atoms with Crippen LogP contribution in [0.1, 0.15) is 36.3 Å². The van der Waals surface area contributed by atoms with Crippen LogP contribution >= 0.6 is 0 Å². The predicted octanol–water partition coefficient (Wildman–Crippen LogP) is 2.15. The number of ether oxygens (including phenoxy) is 3. The fraction of sp³-hybridized carbons (Fsp3) is 0.300. The molecule has 0 saturated heterocycles. The quantitative estimate of drug-likeness (QED) is 0.775. The summed E-state index contributed by atoms with van der Waals surface area (Å²) in [6.07, 6.45) is 0.838. The van der Waals surface area contributed by atoms with Crippen LogP contribution in [0, 0.1) is 11.3 Å². The molecule has 3 N–H and O–H groups in total. The molecule has 0 radical (unpaired) electrons. The summed E-state index contributed by atoms with van der Waals surface area (Å²) in [7, 11) is 1.51. The van der Waals surface area contributed by atoms with Crippen molar-refractivity contribution in [2.45, 2.75) is 25.9 Å². The van der Waals surface area contributed by atoms with E-state index < -0.39 is 18.0 Å². The Bertz CT molecular complexity index is 1020. The standard InChI is InChI=1S/C20H20N2O6/c1-3-6-26-15-5-4-11(7-16(15)25-2)17-13(9-21)20(22)28-18-14(24)8-12(10-23)27-19(17)18/h4-5,7-8,17,23H,3,6,10,22H2,1-2H3. The van der Waals surface area contributed by atoms with E-state index in [1.165, 1.54) is 7.11 Å². The summed E-state index contributed by atoms with van der Waals surface area (Å²) in [4.78, 5) is 12.4. The van der Waals surface area contributed by atoms with Crippen LogP contribution in [-0.4, -0.2) is 18.8 Å². The zero-order chi connectivity index (χ0) is 20.3. The van der Waals surface area contributed by atoms with Gasteiger partial charge in [-0.05, 0) is 24.1 Å². The highest BCUT2D eigenvalue weighted by molar-refractivity contribution is 5.55. The molecule has 1 aromatic heterocycles. The zero-order valence-corrected chi connectivity index (χ0v) is 15.5. The molecule has 8 nitrogen and oxygen atoms in total. The molecule has 1 atom stereocenters. The van der Waals surface area contributed by atoms with E-state index >= 15 is 0 Å². The molecule has 1 unspecified atom stereocenters. The first-order valence-corrected chi connectivity index (χ1v) is 8.70. The minimum absolute atomic E-state index is 0.0602. The van der Waals surface area contributed by atoms with E-state index in [2.05, 4.69) is 0 Å². The monoisotopic (exact) mass is 384 g/mol. The van der Waals surface area contributed by atoms with Gasteiger partial charge in [-0.2, -0.15) is 5.26 Å². The van der Waals surface area contributed by atoms with Gasteiger partial charge in [0.15, 0.2) is 17.3 Å². The van der Waals surface area contributed by atoms with E-state index in [4.69, 9.17) is 24.4 Å². The molecule has 0 saturated carbocycles. The van der Waals surface area contributed by atoms with E-state index in [1.807, 2.05) is 13.0 Å². The van der Waals surface area contributed by atoms with Gasteiger partial charge in [0, 0.05) is 6.07 Å². The summed E-state index contributed by atoms with van der Waals surface area (Å²) in [5.74, 6) is 0.119. The van der Waals surface area contributed by atoms with Crippen LogP contribution in [0.4, 0.5) is 0 Å². The Morgan fingerprint density at radius 3 is 2.75 bits per heavy atom. The van der Waals surface area contributed by atoms with Gasteiger partial charge in [-0.1, -0.05) is 13.0 Å². The first-order valence-electron chi connectivity index (χ1n) is 8.70. The van der Waals surface area contributed by atoms with Crippen LogP contribution in [0.25, 0.3) is 0 Å². The number of methoxy groups -OCH3 is 1. The summed E-state index contributed by atoms with van der Waals surface area (Å²) >= 11 is 0. The van der Waals surface area contributed by atoms with Crippen molar-refractivity contribution >= 4 is 0 Å². The van der Waals surface area contributed by atoms with Gasteiger partial charge in [0.2, 0.25) is 17.1 Å². The molecule has 28 heavy (non-hydrogen) atoms. The third-order valence-electron chi connectivity index (χ3n) is 4.27. The number of benzene rings is 1. The number of nitrogens with zero attached hydrogens (tertiary/aromatic N) is 1. The molecule has 0 aliphatic carbocycles. The first kappa shape index (κ1) is 19.3. The molecule has 0 amide bonds. The van der Waals surface area contributed by atoms with Crippen LogP contribution in [0.3, 0.4) is 0 Å². The van der Waals surface area contributed by atoms with Gasteiger partial charge in [0.1, 0.15) is 24.0 Å². The van der Waals surface area contributed by atoms with Crippen molar-refractivity contribution < 1.29 is 23.7 Å². The predicted molar refractivity (Wildman–Crippen MR) is 99.0 cm³/mol. The summed E-state index contributed by atoms with van der Waals surface area (Å²) in [5, 5.41) is 19.0. The Labute approximate surface area is 161 Å². The van der Waals surface area contributed by atoms with Gasteiger partial charge in [-0.15, -0.1) is 0 Å². The van der Waals surface area contributed by atoms with Crippen molar-refractivity contribution in [1.29, 1.82) is 5.26 Å². The Morgan fingerprint density at radius 1 is 1.32 bits per heavy atom. The average molecular weight is 384 g/mol. The molecule has 2 aromatic rings. The Hall–Kier alpha value is -3.44. The van der Waals surface area contributed by atoms with Gasteiger partial charge in [0.25, 0.3) is 0 Å². The van der Waals surface area contributed by atoms with Crippen LogP contribution < -0.4 is 25.4 Å². The summed E-state index contributed by atoms with van der Waals surface area (Å²) < 4.78 is 22.1. The van der Waals surface area contributed by atoms with Crippen LogP contribution in [0.15, 0.2) is 44.9 Å². The summed E-state index contributed by atoms with van der Waals surface area (Å²) in [5.41, 5.74) is 6.08. The smallest absolute Gasteiger partial charge is 0.228 e. The maximum Gasteiger partial charge on any atom is 0.228 e. The third-order valence-corrected chi connectivity index (χ3v) is 4.27. The van der Waals surface area contributed by atoms with Crippen molar-refractivity contribution in [2.75, 3.05) is 13.7 Å². The first-order chi connectivity index (χ1) is 13.5. The van der Waals surface area contributed by atoms with Gasteiger partial charge in [-0.25, -0.2) is 0 Å². The number of allylic oxidation sites excluding steroid dienone is 1.